The molecule has 0 fully saturated rings. The van der Waals surface area contributed by atoms with Gasteiger partial charge in [-0.2, -0.15) is 0 Å². The van der Waals surface area contributed by atoms with E-state index in [0.29, 0.717) is 0 Å². The fourth-order valence-corrected chi connectivity index (χ4v) is 0.548. The van der Waals surface area contributed by atoms with Crippen molar-refractivity contribution in [2.45, 2.75) is 6.92 Å². The SMILES string of the molecule is CO[PH](=O)OC(C)=[N+]=[N-]. The van der Waals surface area contributed by atoms with Gasteiger partial charge in [0.15, 0.2) is 0 Å². The summed E-state index contributed by atoms with van der Waals surface area (Å²) in [6, 6.07) is 0. The number of hydrogen-bond donors (Lipinski definition) is 0. The average molecular weight is 150 g/mol. The van der Waals surface area contributed by atoms with E-state index in [1.807, 2.05) is 0 Å². The van der Waals surface area contributed by atoms with Crippen LogP contribution in [0.15, 0.2) is 0 Å². The zero-order valence-corrected chi connectivity index (χ0v) is 6.12. The first kappa shape index (κ1) is 8.37. The normalized spacial score (nSPS) is 11.8. The molecule has 1 atom stereocenters. The molecule has 0 radical (unpaired) electrons. The van der Waals surface area contributed by atoms with Crippen molar-refractivity contribution in [2.24, 2.45) is 0 Å². The molecule has 0 spiro atoms. The van der Waals surface area contributed by atoms with Gasteiger partial charge in [-0.05, 0) is 0 Å². The number of hydrogen-bond acceptors (Lipinski definition) is 3. The second-order valence-electron chi connectivity index (χ2n) is 1.18. The molecule has 0 aliphatic heterocycles. The Balaban J connectivity index is 3.74. The highest BCUT2D eigenvalue weighted by Gasteiger charge is 2.03. The highest BCUT2D eigenvalue weighted by atomic mass is 31.1. The Morgan fingerprint density at radius 2 is 2.33 bits per heavy atom. The standard InChI is InChI=1S/C3H7N2O3P/c1-3(5-4)8-9(6)7-2/h9H,1-2H3. The van der Waals surface area contributed by atoms with Crippen LogP contribution in [-0.4, -0.2) is 17.8 Å². The molecule has 0 saturated heterocycles. The lowest BCUT2D eigenvalue weighted by molar-refractivity contribution is -0.0278. The van der Waals surface area contributed by atoms with Crippen LogP contribution in [-0.2, 0) is 13.6 Å². The summed E-state index contributed by atoms with van der Waals surface area (Å²) in [6.45, 7) is 1.36. The van der Waals surface area contributed by atoms with E-state index in [1.54, 1.807) is 0 Å². The van der Waals surface area contributed by atoms with Crippen LogP contribution in [0.2, 0.25) is 0 Å². The van der Waals surface area contributed by atoms with Crippen LogP contribution in [0.25, 0.3) is 5.53 Å². The molecule has 9 heavy (non-hydrogen) atoms. The second kappa shape index (κ2) is 4.27. The Bertz CT molecular complexity index is 162. The fourth-order valence-electron chi connectivity index (χ4n) is 0.183. The summed E-state index contributed by atoms with van der Waals surface area (Å²) in [7, 11) is -1.24. The van der Waals surface area contributed by atoms with E-state index in [9.17, 15) is 4.57 Å². The fraction of sp³-hybridized carbons (Fsp3) is 0.667. The highest BCUT2D eigenvalue weighted by Crippen LogP contribution is 2.20. The zero-order valence-electron chi connectivity index (χ0n) is 5.12. The lowest BCUT2D eigenvalue weighted by Gasteiger charge is -1.92. The Hall–Kier alpha value is -0.630. The van der Waals surface area contributed by atoms with Crippen LogP contribution in [0.3, 0.4) is 0 Å². The summed E-state index contributed by atoms with van der Waals surface area (Å²) in [4.78, 5) is 2.62. The van der Waals surface area contributed by atoms with Gasteiger partial charge in [-0.25, -0.2) is 4.57 Å². The van der Waals surface area contributed by atoms with Crippen molar-refractivity contribution in [3.63, 3.8) is 0 Å². The third-order valence-electron chi connectivity index (χ3n) is 0.539. The largest absolute Gasteiger partial charge is 0.452 e. The van der Waals surface area contributed by atoms with Crippen molar-refractivity contribution < 1.29 is 18.4 Å². The summed E-state index contributed by atoms with van der Waals surface area (Å²) in [5, 5.41) is 0. The van der Waals surface area contributed by atoms with Gasteiger partial charge in [0.05, 0.1) is 6.92 Å². The van der Waals surface area contributed by atoms with Crippen molar-refractivity contribution in [3.05, 3.63) is 5.53 Å². The van der Waals surface area contributed by atoms with Gasteiger partial charge in [-0.15, -0.1) is 4.79 Å². The van der Waals surface area contributed by atoms with E-state index in [4.69, 9.17) is 5.53 Å². The maximum absolute atomic E-state index is 10.3. The average Bonchev–Trinajstić information content (AvgIpc) is 1.87. The lowest BCUT2D eigenvalue weighted by atomic mass is 10.8. The molecule has 0 aromatic carbocycles. The maximum atomic E-state index is 10.3. The predicted molar refractivity (Wildman–Crippen MR) is 31.4 cm³/mol. The first-order valence-corrected chi connectivity index (χ1v) is 3.37. The summed E-state index contributed by atoms with van der Waals surface area (Å²) < 4.78 is 19.0. The van der Waals surface area contributed by atoms with E-state index in [1.165, 1.54) is 14.0 Å². The molecule has 0 aliphatic carbocycles. The van der Waals surface area contributed by atoms with Gasteiger partial charge in [0.1, 0.15) is 0 Å². The van der Waals surface area contributed by atoms with Gasteiger partial charge in [0.2, 0.25) is 0 Å². The van der Waals surface area contributed by atoms with E-state index < -0.39 is 8.25 Å². The molecule has 6 heteroatoms. The Labute approximate surface area is 53.2 Å². The summed E-state index contributed by atoms with van der Waals surface area (Å²) in [6.07, 6.45) is 0. The van der Waals surface area contributed by atoms with E-state index >= 15 is 0 Å². The molecule has 0 N–H and O–H groups in total. The highest BCUT2D eigenvalue weighted by molar-refractivity contribution is 7.34. The minimum absolute atomic E-state index is 0.0688. The van der Waals surface area contributed by atoms with Crippen LogP contribution in [0, 0.1) is 0 Å². The van der Waals surface area contributed by atoms with Gasteiger partial charge in [-0.1, -0.05) is 0 Å². The van der Waals surface area contributed by atoms with Crippen molar-refractivity contribution in [3.8, 4) is 0 Å². The van der Waals surface area contributed by atoms with Gasteiger partial charge in [0, 0.05) is 7.11 Å². The molecular formula is C3H7N2O3P. The smallest absolute Gasteiger partial charge is 0.362 e. The van der Waals surface area contributed by atoms with Crippen LogP contribution in [0.1, 0.15) is 6.92 Å². The first-order chi connectivity index (χ1) is 4.20. The molecule has 0 bridgehead atoms. The zero-order chi connectivity index (χ0) is 7.28. The number of rotatable bonds is 2. The van der Waals surface area contributed by atoms with Crippen LogP contribution >= 0.6 is 8.25 Å². The quantitative estimate of drug-likeness (QED) is 0.191. The molecule has 0 rings (SSSR count). The predicted octanol–water partition coefficient (Wildman–Crippen LogP) is 0.687. The second-order valence-corrected chi connectivity index (χ2v) is 2.29. The molecule has 0 saturated carbocycles. The molecule has 0 aliphatic rings. The van der Waals surface area contributed by atoms with E-state index in [2.05, 4.69) is 13.8 Å². The maximum Gasteiger partial charge on any atom is 0.452 e. The van der Waals surface area contributed by atoms with E-state index in [-0.39, 0.29) is 5.90 Å². The molecule has 5 nitrogen and oxygen atoms in total. The van der Waals surface area contributed by atoms with Gasteiger partial charge in [0.25, 0.3) is 0 Å². The van der Waals surface area contributed by atoms with Crippen LogP contribution in [0.5, 0.6) is 0 Å². The summed E-state index contributed by atoms with van der Waals surface area (Å²) in [5.41, 5.74) is 7.96. The monoisotopic (exact) mass is 150 g/mol. The molecule has 0 aromatic rings. The minimum Gasteiger partial charge on any atom is -0.362 e. The lowest BCUT2D eigenvalue weighted by Crippen LogP contribution is -1.92. The first-order valence-electron chi connectivity index (χ1n) is 2.15. The van der Waals surface area contributed by atoms with Gasteiger partial charge >= 0.3 is 14.2 Å². The van der Waals surface area contributed by atoms with Gasteiger partial charge < -0.3 is 14.6 Å². The molecule has 52 valence electrons. The van der Waals surface area contributed by atoms with Crippen molar-refractivity contribution in [1.29, 1.82) is 0 Å². The summed E-state index contributed by atoms with van der Waals surface area (Å²) in [5.74, 6) is -0.0688. The summed E-state index contributed by atoms with van der Waals surface area (Å²) >= 11 is 0. The number of nitrogens with zero attached hydrogens (tertiary/aromatic N) is 2. The van der Waals surface area contributed by atoms with Gasteiger partial charge in [-0.3, -0.25) is 0 Å². The Kier molecular flexibility index (Phi) is 3.97. The Morgan fingerprint density at radius 1 is 1.78 bits per heavy atom. The molecule has 1 unspecified atom stereocenters. The minimum atomic E-state index is -2.48. The topological polar surface area (TPSA) is 71.9 Å². The molecule has 0 amide bonds. The Morgan fingerprint density at radius 3 is 2.67 bits per heavy atom. The van der Waals surface area contributed by atoms with Crippen molar-refractivity contribution >= 4 is 14.2 Å². The van der Waals surface area contributed by atoms with Crippen LogP contribution < -0.4 is 0 Å². The van der Waals surface area contributed by atoms with Crippen molar-refractivity contribution in [1.82, 2.24) is 0 Å². The van der Waals surface area contributed by atoms with E-state index in [0.717, 1.165) is 0 Å². The van der Waals surface area contributed by atoms with Crippen molar-refractivity contribution in [2.75, 3.05) is 7.11 Å². The third-order valence-corrected chi connectivity index (χ3v) is 1.33. The molecule has 0 aromatic heterocycles. The third kappa shape index (κ3) is 3.91. The molecule has 0 heterocycles. The van der Waals surface area contributed by atoms with Crippen LogP contribution in [0.4, 0.5) is 0 Å². The molecular weight excluding hydrogens is 143 g/mol.